The highest BCUT2D eigenvalue weighted by molar-refractivity contribution is 6.31. The van der Waals surface area contributed by atoms with Crippen molar-refractivity contribution in [3.05, 3.63) is 33.9 Å². The van der Waals surface area contributed by atoms with E-state index in [1.165, 1.54) is 12.1 Å². The fourth-order valence-electron chi connectivity index (χ4n) is 3.38. The van der Waals surface area contributed by atoms with Crippen LogP contribution in [0.15, 0.2) is 22.7 Å². The van der Waals surface area contributed by atoms with Gasteiger partial charge in [0.05, 0.1) is 12.7 Å². The second-order valence-corrected chi connectivity index (χ2v) is 9.24. The van der Waals surface area contributed by atoms with Crippen LogP contribution in [-0.4, -0.2) is 55.0 Å². The molecule has 9 nitrogen and oxygen atoms in total. The molecule has 0 aliphatic carbocycles. The lowest BCUT2D eigenvalue weighted by Crippen LogP contribution is -2.48. The lowest BCUT2D eigenvalue weighted by Gasteiger charge is -2.31. The van der Waals surface area contributed by atoms with Gasteiger partial charge in [-0.2, -0.15) is 13.2 Å². The molecule has 0 bridgehead atoms. The number of ether oxygens (including phenoxy) is 2. The maximum atomic E-state index is 13.9. The van der Waals surface area contributed by atoms with Crippen LogP contribution >= 0.6 is 11.6 Å². The zero-order chi connectivity index (χ0) is 26.6. The van der Waals surface area contributed by atoms with Crippen LogP contribution < -0.4 is 21.3 Å². The number of aliphatic imine (C=N–C) groups is 1. The number of hydrogen-bond acceptors (Lipinski definition) is 6. The van der Waals surface area contributed by atoms with E-state index in [1.807, 2.05) is 20.8 Å². The van der Waals surface area contributed by atoms with Gasteiger partial charge in [0, 0.05) is 17.1 Å². The number of nitrogens with two attached hydrogens (primary N) is 1. The maximum Gasteiger partial charge on any atom is 0.429 e. The van der Waals surface area contributed by atoms with Gasteiger partial charge in [0.1, 0.15) is 11.8 Å². The predicted molar refractivity (Wildman–Crippen MR) is 123 cm³/mol. The number of hydroxylamine groups is 1. The molecule has 0 radical (unpaired) electrons. The van der Waals surface area contributed by atoms with E-state index < -0.39 is 41.2 Å². The Labute approximate surface area is 205 Å². The molecule has 1 aliphatic heterocycles. The molecule has 194 valence electrons. The summed E-state index contributed by atoms with van der Waals surface area (Å²) < 4.78 is 51.5. The van der Waals surface area contributed by atoms with Gasteiger partial charge in [-0.25, -0.2) is 10.3 Å². The fraction of sp³-hybridized carbons (Fsp3) is 0.500. The molecule has 0 fully saturated rings. The maximum absolute atomic E-state index is 13.9. The van der Waals surface area contributed by atoms with E-state index in [9.17, 15) is 22.8 Å². The molecule has 35 heavy (non-hydrogen) atoms. The van der Waals surface area contributed by atoms with Gasteiger partial charge in [-0.1, -0.05) is 32.4 Å². The molecule has 2 atom stereocenters. The van der Waals surface area contributed by atoms with Crippen LogP contribution in [0.25, 0.3) is 6.08 Å². The normalized spacial score (nSPS) is 17.0. The first kappa shape index (κ1) is 28.2. The second-order valence-electron chi connectivity index (χ2n) is 8.83. The third kappa shape index (κ3) is 7.25. The summed E-state index contributed by atoms with van der Waals surface area (Å²) in [5.41, 5.74) is 6.51. The van der Waals surface area contributed by atoms with E-state index in [1.54, 1.807) is 5.48 Å². The number of benzene rings is 1. The van der Waals surface area contributed by atoms with Crippen molar-refractivity contribution in [1.29, 1.82) is 0 Å². The quantitative estimate of drug-likeness (QED) is 0.143. The number of halogens is 4. The second kappa shape index (κ2) is 11.2. The van der Waals surface area contributed by atoms with Gasteiger partial charge in [0.2, 0.25) is 12.1 Å². The van der Waals surface area contributed by atoms with E-state index in [-0.39, 0.29) is 36.7 Å². The number of fused-ring (bicyclic) bond motifs is 1. The van der Waals surface area contributed by atoms with Crippen molar-refractivity contribution in [1.82, 2.24) is 10.8 Å². The number of carbonyl (C=O) groups excluding carboxylic acids is 2. The highest BCUT2D eigenvalue weighted by atomic mass is 35.5. The van der Waals surface area contributed by atoms with Crippen LogP contribution in [0.3, 0.4) is 0 Å². The summed E-state index contributed by atoms with van der Waals surface area (Å²) in [5, 5.41) is 11.2. The summed E-state index contributed by atoms with van der Waals surface area (Å²) in [6.07, 6.45) is -6.22. The van der Waals surface area contributed by atoms with Crippen LogP contribution in [-0.2, 0) is 19.7 Å². The van der Waals surface area contributed by atoms with Crippen LogP contribution in [0.5, 0.6) is 5.75 Å². The standard InChI is InChI=1S/C22H28ClF3N4O5/c1-21(2,3)13-10-16-11(9-14(13)23)8-12(17(35-16)22(24,25)26)18(31)29-15(19(32)34-4)6-5-7-28-20(27)30-33/h8-10,15,17,33H,5-7H2,1-4H3,(H,29,31)(H3,27,28,30)/t15-,17-/m0/s1. The van der Waals surface area contributed by atoms with Crippen molar-refractivity contribution in [3.63, 3.8) is 0 Å². The van der Waals surface area contributed by atoms with Crippen molar-refractivity contribution >= 4 is 35.5 Å². The third-order valence-corrected chi connectivity index (χ3v) is 5.46. The van der Waals surface area contributed by atoms with Crippen molar-refractivity contribution in [3.8, 4) is 5.75 Å². The number of amides is 1. The molecule has 13 heteroatoms. The number of guanidine groups is 1. The number of carbonyl (C=O) groups is 2. The summed E-state index contributed by atoms with van der Waals surface area (Å²) in [4.78, 5) is 28.8. The molecule has 0 unspecified atom stereocenters. The molecular weight excluding hydrogens is 493 g/mol. The Kier molecular flexibility index (Phi) is 9.01. The molecule has 1 aromatic rings. The SMILES string of the molecule is COC(=O)[C@H](CCCN=C(N)NO)NC(=O)C1=Cc2cc(Cl)c(C(C)(C)C)cc2O[C@@H]1C(F)(F)F. The number of esters is 1. The van der Waals surface area contributed by atoms with Crippen LogP contribution in [0, 0.1) is 0 Å². The van der Waals surface area contributed by atoms with Gasteiger partial charge in [-0.3, -0.25) is 15.0 Å². The first-order valence-corrected chi connectivity index (χ1v) is 10.9. The highest BCUT2D eigenvalue weighted by Crippen LogP contribution is 2.42. The zero-order valence-corrected chi connectivity index (χ0v) is 20.4. The van der Waals surface area contributed by atoms with Gasteiger partial charge in [0.25, 0.3) is 5.91 Å². The fourth-order valence-corrected chi connectivity index (χ4v) is 3.84. The topological polar surface area (TPSA) is 135 Å². The largest absolute Gasteiger partial charge is 0.475 e. The van der Waals surface area contributed by atoms with Crippen molar-refractivity contribution < 1.29 is 37.4 Å². The van der Waals surface area contributed by atoms with Gasteiger partial charge in [-0.05, 0) is 42.0 Å². The zero-order valence-electron chi connectivity index (χ0n) is 19.6. The molecule has 0 saturated heterocycles. The molecule has 2 rings (SSSR count). The average molecular weight is 521 g/mol. The molecular formula is C22H28ClF3N4O5. The van der Waals surface area contributed by atoms with Crippen LogP contribution in [0.4, 0.5) is 13.2 Å². The Morgan fingerprint density at radius 1 is 1.31 bits per heavy atom. The summed E-state index contributed by atoms with van der Waals surface area (Å²) in [5.74, 6) is -2.32. The molecule has 1 heterocycles. The lowest BCUT2D eigenvalue weighted by atomic mass is 9.85. The number of hydrogen-bond donors (Lipinski definition) is 4. The summed E-state index contributed by atoms with van der Waals surface area (Å²) in [6.45, 7) is 5.63. The summed E-state index contributed by atoms with van der Waals surface area (Å²) in [6, 6.07) is 1.62. The molecule has 0 spiro atoms. The molecule has 0 saturated carbocycles. The van der Waals surface area contributed by atoms with E-state index in [2.05, 4.69) is 15.0 Å². The smallest absolute Gasteiger partial charge is 0.429 e. The van der Waals surface area contributed by atoms with E-state index >= 15 is 0 Å². The molecule has 1 aliphatic rings. The first-order chi connectivity index (χ1) is 16.2. The Bertz CT molecular complexity index is 1020. The Hall–Kier alpha value is -2.99. The van der Waals surface area contributed by atoms with Gasteiger partial charge in [0.15, 0.2) is 0 Å². The molecule has 0 aromatic heterocycles. The molecule has 1 amide bonds. The Balaban J connectivity index is 2.36. The first-order valence-electron chi connectivity index (χ1n) is 10.6. The minimum Gasteiger partial charge on any atom is -0.475 e. The highest BCUT2D eigenvalue weighted by Gasteiger charge is 2.48. The van der Waals surface area contributed by atoms with Crippen molar-refractivity contribution in [2.24, 2.45) is 10.7 Å². The van der Waals surface area contributed by atoms with Crippen LogP contribution in [0.1, 0.15) is 44.7 Å². The minimum atomic E-state index is -4.91. The Morgan fingerprint density at radius 2 is 1.97 bits per heavy atom. The molecule has 5 N–H and O–H groups in total. The average Bonchev–Trinajstić information content (AvgIpc) is 2.77. The monoisotopic (exact) mass is 520 g/mol. The predicted octanol–water partition coefficient (Wildman–Crippen LogP) is 3.08. The number of rotatable bonds is 7. The summed E-state index contributed by atoms with van der Waals surface area (Å²) >= 11 is 6.34. The Morgan fingerprint density at radius 3 is 2.51 bits per heavy atom. The van der Waals surface area contributed by atoms with E-state index in [4.69, 9.17) is 27.3 Å². The minimum absolute atomic E-state index is 0.0111. The van der Waals surface area contributed by atoms with Crippen molar-refractivity contribution in [2.45, 2.75) is 57.3 Å². The number of nitrogens with one attached hydrogen (secondary N) is 2. The van der Waals surface area contributed by atoms with Crippen LogP contribution in [0.2, 0.25) is 5.02 Å². The van der Waals surface area contributed by atoms with Gasteiger partial charge in [-0.15, -0.1) is 0 Å². The van der Waals surface area contributed by atoms with E-state index in [0.29, 0.717) is 10.6 Å². The lowest BCUT2D eigenvalue weighted by molar-refractivity contribution is -0.185. The number of alkyl halides is 3. The number of nitrogens with zero attached hydrogens (tertiary/aromatic N) is 1. The number of methoxy groups -OCH3 is 1. The third-order valence-electron chi connectivity index (χ3n) is 5.14. The van der Waals surface area contributed by atoms with Gasteiger partial charge >= 0.3 is 12.1 Å². The summed E-state index contributed by atoms with van der Waals surface area (Å²) in [7, 11) is 1.08. The molecule has 1 aromatic carbocycles. The van der Waals surface area contributed by atoms with Crippen molar-refractivity contribution in [2.75, 3.05) is 13.7 Å². The van der Waals surface area contributed by atoms with Gasteiger partial charge < -0.3 is 20.5 Å². The van der Waals surface area contributed by atoms with E-state index in [0.717, 1.165) is 13.2 Å².